The first-order valence-electron chi connectivity index (χ1n) is 17.2. The topological polar surface area (TPSA) is 29.5 Å². The summed E-state index contributed by atoms with van der Waals surface area (Å²) in [5.41, 5.74) is 13.5. The van der Waals surface area contributed by atoms with Crippen LogP contribution in [0.3, 0.4) is 0 Å². The fourth-order valence-corrected chi connectivity index (χ4v) is 8.43. The highest BCUT2D eigenvalue weighted by molar-refractivity contribution is 6.20. The van der Waals surface area contributed by atoms with Gasteiger partial charge in [-0.25, -0.2) is 0 Å². The number of nitrogens with zero attached hydrogens (tertiary/aromatic N) is 1. The number of furan rings is 2. The molecule has 0 bridgehead atoms. The average molecular weight is 634 g/mol. The first-order valence-corrected chi connectivity index (χ1v) is 17.2. The Morgan fingerprint density at radius 3 is 2.04 bits per heavy atom. The number of benzene rings is 7. The molecule has 0 N–H and O–H groups in total. The van der Waals surface area contributed by atoms with Gasteiger partial charge in [0.2, 0.25) is 0 Å². The van der Waals surface area contributed by atoms with Gasteiger partial charge in [0.05, 0.1) is 5.69 Å². The van der Waals surface area contributed by atoms with E-state index in [-0.39, 0.29) is 5.41 Å². The summed E-state index contributed by atoms with van der Waals surface area (Å²) in [5.74, 6) is 0.355. The molecule has 0 atom stereocenters. The summed E-state index contributed by atoms with van der Waals surface area (Å²) in [7, 11) is 0. The molecule has 2 aromatic heterocycles. The molecule has 2 heterocycles. The Hall–Kier alpha value is -5.80. The Bertz CT molecular complexity index is 2790. The van der Waals surface area contributed by atoms with Crippen molar-refractivity contribution in [1.29, 1.82) is 0 Å². The van der Waals surface area contributed by atoms with Gasteiger partial charge in [0.25, 0.3) is 0 Å². The fourth-order valence-electron chi connectivity index (χ4n) is 8.43. The molecule has 3 nitrogen and oxygen atoms in total. The van der Waals surface area contributed by atoms with Crippen LogP contribution in [0.4, 0.5) is 17.1 Å². The molecule has 0 saturated heterocycles. The average Bonchev–Trinajstić information content (AvgIpc) is 3.76. The zero-order valence-electron chi connectivity index (χ0n) is 28.0. The van der Waals surface area contributed by atoms with Gasteiger partial charge in [-0.3, -0.25) is 0 Å². The second kappa shape index (κ2) is 10.1. The fraction of sp³-hybridized carbons (Fsp3) is 0.130. The predicted molar refractivity (Wildman–Crippen MR) is 205 cm³/mol. The molecule has 7 aromatic carbocycles. The maximum absolute atomic E-state index is 6.69. The molecule has 9 aromatic rings. The van der Waals surface area contributed by atoms with Gasteiger partial charge < -0.3 is 13.7 Å². The van der Waals surface area contributed by atoms with E-state index >= 15 is 0 Å². The van der Waals surface area contributed by atoms with Gasteiger partial charge in [-0.2, -0.15) is 0 Å². The maximum Gasteiger partial charge on any atom is 0.143 e. The van der Waals surface area contributed by atoms with Crippen LogP contribution in [0.15, 0.2) is 142 Å². The highest BCUT2D eigenvalue weighted by Crippen LogP contribution is 2.52. The molecule has 0 fully saturated rings. The number of hydrogen-bond donors (Lipinski definition) is 0. The van der Waals surface area contributed by atoms with Crippen molar-refractivity contribution in [3.05, 3.63) is 150 Å². The molecule has 0 amide bonds. The third-order valence-corrected chi connectivity index (χ3v) is 10.8. The lowest BCUT2D eigenvalue weighted by Gasteiger charge is -2.29. The number of anilines is 3. The molecule has 0 spiro atoms. The van der Waals surface area contributed by atoms with E-state index in [1.165, 1.54) is 33.2 Å². The molecule has 0 unspecified atom stereocenters. The molecule has 1 aliphatic carbocycles. The van der Waals surface area contributed by atoms with E-state index < -0.39 is 0 Å². The van der Waals surface area contributed by atoms with E-state index in [9.17, 15) is 0 Å². The highest BCUT2D eigenvalue weighted by Gasteiger charge is 2.36. The minimum absolute atomic E-state index is 0.128. The van der Waals surface area contributed by atoms with Crippen LogP contribution in [0.2, 0.25) is 0 Å². The summed E-state index contributed by atoms with van der Waals surface area (Å²) in [6.45, 7) is 9.22. The van der Waals surface area contributed by atoms with Crippen LogP contribution in [0, 0.1) is 0 Å². The number of hydrogen-bond acceptors (Lipinski definition) is 3. The summed E-state index contributed by atoms with van der Waals surface area (Å²) in [6.07, 6.45) is 0. The van der Waals surface area contributed by atoms with Crippen molar-refractivity contribution in [1.82, 2.24) is 0 Å². The summed E-state index contributed by atoms with van der Waals surface area (Å²) >= 11 is 0. The van der Waals surface area contributed by atoms with Crippen LogP contribution in [0.1, 0.15) is 50.3 Å². The molecule has 3 heteroatoms. The molecule has 0 radical (unpaired) electrons. The minimum Gasteiger partial charge on any atom is -0.456 e. The monoisotopic (exact) mass is 633 g/mol. The smallest absolute Gasteiger partial charge is 0.143 e. The highest BCUT2D eigenvalue weighted by atomic mass is 16.3. The first-order chi connectivity index (χ1) is 23.9. The van der Waals surface area contributed by atoms with Crippen molar-refractivity contribution in [3.8, 4) is 11.1 Å². The third-order valence-electron chi connectivity index (χ3n) is 10.8. The van der Waals surface area contributed by atoms with Crippen molar-refractivity contribution in [2.24, 2.45) is 0 Å². The van der Waals surface area contributed by atoms with Crippen LogP contribution in [0.5, 0.6) is 0 Å². The largest absolute Gasteiger partial charge is 0.456 e. The minimum atomic E-state index is -0.128. The van der Waals surface area contributed by atoms with Crippen molar-refractivity contribution >= 4 is 71.7 Å². The zero-order chi connectivity index (χ0) is 33.0. The van der Waals surface area contributed by atoms with Gasteiger partial charge in [-0.1, -0.05) is 113 Å². The standard InChI is InChI=1S/C46H35NO2/c1-27(2)30-16-11-19-43-44(30)37-26-40(33-13-5-6-15-35(33)45(37)49-43)47(28-21-23-42-36(24-28)34-14-8-10-18-41(34)48-42)29-20-22-32-31-12-7-9-17-38(31)46(3,4)39(32)25-29/h5-27H,1-4H3. The lowest BCUT2D eigenvalue weighted by molar-refractivity contribution is 0.660. The van der Waals surface area contributed by atoms with Gasteiger partial charge in [-0.05, 0) is 82.3 Å². The van der Waals surface area contributed by atoms with E-state index in [4.69, 9.17) is 8.83 Å². The molecule has 49 heavy (non-hydrogen) atoms. The predicted octanol–water partition coefficient (Wildman–Crippen LogP) is 13.5. The lowest BCUT2D eigenvalue weighted by atomic mass is 9.82. The lowest BCUT2D eigenvalue weighted by Crippen LogP contribution is -2.16. The van der Waals surface area contributed by atoms with Gasteiger partial charge >= 0.3 is 0 Å². The normalized spacial score (nSPS) is 13.7. The van der Waals surface area contributed by atoms with Crippen LogP contribution in [-0.4, -0.2) is 0 Å². The van der Waals surface area contributed by atoms with Crippen molar-refractivity contribution in [2.75, 3.05) is 4.90 Å². The third kappa shape index (κ3) is 3.96. The molecule has 10 rings (SSSR count). The van der Waals surface area contributed by atoms with Crippen LogP contribution in [0.25, 0.3) is 65.8 Å². The Kier molecular flexibility index (Phi) is 5.82. The maximum atomic E-state index is 6.69. The zero-order valence-corrected chi connectivity index (χ0v) is 28.0. The SMILES string of the molecule is CC(C)c1cccc2oc3c4ccccc4c(N(c4ccc5c(c4)C(C)(C)c4ccccc4-5)c4ccc5oc6ccccc6c5c4)cc3c12. The second-order valence-corrected chi connectivity index (χ2v) is 14.3. The summed E-state index contributed by atoms with van der Waals surface area (Å²) < 4.78 is 13.0. The number of rotatable bonds is 4. The summed E-state index contributed by atoms with van der Waals surface area (Å²) in [5, 5.41) is 6.80. The van der Waals surface area contributed by atoms with Crippen LogP contribution >= 0.6 is 0 Å². The molecule has 0 aliphatic heterocycles. The van der Waals surface area contributed by atoms with Gasteiger partial charge in [0.15, 0.2) is 0 Å². The van der Waals surface area contributed by atoms with Gasteiger partial charge in [0.1, 0.15) is 22.3 Å². The van der Waals surface area contributed by atoms with Crippen LogP contribution < -0.4 is 4.90 Å². The van der Waals surface area contributed by atoms with E-state index in [0.717, 1.165) is 66.3 Å². The molecule has 1 aliphatic rings. The van der Waals surface area contributed by atoms with E-state index in [1.807, 2.05) is 12.1 Å². The van der Waals surface area contributed by atoms with Crippen molar-refractivity contribution in [3.63, 3.8) is 0 Å². The van der Waals surface area contributed by atoms with Crippen molar-refractivity contribution < 1.29 is 8.83 Å². The Morgan fingerprint density at radius 2 is 1.18 bits per heavy atom. The van der Waals surface area contributed by atoms with Crippen molar-refractivity contribution in [2.45, 2.75) is 39.0 Å². The van der Waals surface area contributed by atoms with Crippen LogP contribution in [-0.2, 0) is 5.41 Å². The summed E-state index contributed by atoms with van der Waals surface area (Å²) in [6, 6.07) is 48.3. The van der Waals surface area contributed by atoms with E-state index in [0.29, 0.717) is 5.92 Å². The molecule has 236 valence electrons. The Labute approximate surface area is 285 Å². The molecular formula is C46H35NO2. The Morgan fingerprint density at radius 1 is 0.510 bits per heavy atom. The second-order valence-electron chi connectivity index (χ2n) is 14.3. The number of para-hydroxylation sites is 1. The summed E-state index contributed by atoms with van der Waals surface area (Å²) in [4.78, 5) is 2.44. The first kappa shape index (κ1) is 28.2. The van der Waals surface area contributed by atoms with E-state index in [2.05, 4.69) is 154 Å². The van der Waals surface area contributed by atoms with E-state index in [1.54, 1.807) is 0 Å². The van der Waals surface area contributed by atoms with Gasteiger partial charge in [-0.15, -0.1) is 0 Å². The van der Waals surface area contributed by atoms with Gasteiger partial charge in [0, 0.05) is 49.1 Å². The molecule has 0 saturated carbocycles. The number of fused-ring (bicyclic) bond motifs is 11. The quantitative estimate of drug-likeness (QED) is 0.193. The Balaban J connectivity index is 1.31. The molecular weight excluding hydrogens is 599 g/mol.